The van der Waals surface area contributed by atoms with E-state index >= 15 is 0 Å². The molecule has 6 heteroatoms. The van der Waals surface area contributed by atoms with Gasteiger partial charge in [0.25, 0.3) is 0 Å². The van der Waals surface area contributed by atoms with Crippen LogP contribution in [0.15, 0.2) is 5.16 Å². The van der Waals surface area contributed by atoms with Crippen LogP contribution in [0.3, 0.4) is 0 Å². The number of ether oxygens (including phenoxy) is 1. The maximum Gasteiger partial charge on any atom is 0.193 e. The highest BCUT2D eigenvalue weighted by atomic mass is 32.2. The molecular formula is C9H16N4OS. The topological polar surface area (TPSA) is 66.0 Å². The molecule has 0 unspecified atom stereocenters. The Balaban J connectivity index is 1.74. The van der Waals surface area contributed by atoms with Gasteiger partial charge in [-0.2, -0.15) is 0 Å². The van der Waals surface area contributed by atoms with Crippen LogP contribution in [-0.4, -0.2) is 27.3 Å². The third-order valence-corrected chi connectivity index (χ3v) is 3.33. The smallest absolute Gasteiger partial charge is 0.193 e. The summed E-state index contributed by atoms with van der Waals surface area (Å²) in [4.78, 5) is 0. The first-order chi connectivity index (χ1) is 7.31. The van der Waals surface area contributed by atoms with Gasteiger partial charge in [-0.25, -0.2) is 0 Å². The lowest BCUT2D eigenvalue weighted by Gasteiger charge is -2.03. The molecule has 0 amide bonds. The van der Waals surface area contributed by atoms with Crippen LogP contribution >= 0.6 is 11.8 Å². The molecule has 2 N–H and O–H groups in total. The van der Waals surface area contributed by atoms with Crippen LogP contribution < -0.4 is 5.73 Å². The summed E-state index contributed by atoms with van der Waals surface area (Å²) in [5.74, 6) is 2.26. The van der Waals surface area contributed by atoms with Crippen molar-refractivity contribution in [1.82, 2.24) is 14.8 Å². The summed E-state index contributed by atoms with van der Waals surface area (Å²) in [7, 11) is 1.92. The largest absolute Gasteiger partial charge is 0.370 e. The Bertz CT molecular complexity index is 324. The van der Waals surface area contributed by atoms with Crippen molar-refractivity contribution >= 4 is 11.8 Å². The summed E-state index contributed by atoms with van der Waals surface area (Å²) in [5, 5.41) is 8.87. The Morgan fingerprint density at radius 2 is 2.33 bits per heavy atom. The van der Waals surface area contributed by atoms with E-state index in [1.54, 1.807) is 11.8 Å². The van der Waals surface area contributed by atoms with Crippen molar-refractivity contribution in [2.24, 2.45) is 18.7 Å². The molecule has 1 aliphatic rings. The molecule has 0 radical (unpaired) electrons. The Hall–Kier alpha value is -0.590. The number of aromatic nitrogens is 3. The number of hydrogen-bond acceptors (Lipinski definition) is 5. The van der Waals surface area contributed by atoms with Gasteiger partial charge in [-0.3, -0.25) is 0 Å². The number of rotatable bonds is 6. The highest BCUT2D eigenvalue weighted by molar-refractivity contribution is 7.99. The van der Waals surface area contributed by atoms with Crippen molar-refractivity contribution in [3.8, 4) is 0 Å². The summed E-state index contributed by atoms with van der Waals surface area (Å²) >= 11 is 1.56. The highest BCUT2D eigenvalue weighted by Crippen LogP contribution is 2.29. The average Bonchev–Trinajstić information content (AvgIpc) is 2.99. The van der Waals surface area contributed by atoms with Crippen LogP contribution in [-0.2, 0) is 18.3 Å². The normalized spacial score (nSPS) is 15.9. The van der Waals surface area contributed by atoms with Gasteiger partial charge in [-0.15, -0.1) is 10.2 Å². The molecule has 1 heterocycles. The zero-order valence-corrected chi connectivity index (χ0v) is 9.66. The summed E-state index contributed by atoms with van der Waals surface area (Å²) < 4.78 is 7.42. The van der Waals surface area contributed by atoms with Gasteiger partial charge in [-0.1, -0.05) is 11.8 Å². The van der Waals surface area contributed by atoms with E-state index < -0.39 is 0 Å². The van der Waals surface area contributed by atoms with Crippen molar-refractivity contribution in [2.75, 3.05) is 12.5 Å². The molecule has 1 saturated carbocycles. The first-order valence-corrected chi connectivity index (χ1v) is 6.08. The molecule has 1 aliphatic carbocycles. The lowest BCUT2D eigenvalue weighted by molar-refractivity contribution is 0.170. The van der Waals surface area contributed by atoms with E-state index in [1.807, 2.05) is 11.6 Å². The third-order valence-electron chi connectivity index (χ3n) is 2.43. The number of thioether (sulfide) groups is 1. The van der Waals surface area contributed by atoms with Gasteiger partial charge in [-0.05, 0) is 18.8 Å². The molecule has 1 aromatic rings. The first kappa shape index (κ1) is 10.9. The second kappa shape index (κ2) is 4.96. The zero-order valence-electron chi connectivity index (χ0n) is 8.85. The average molecular weight is 228 g/mol. The molecule has 15 heavy (non-hydrogen) atoms. The summed E-state index contributed by atoms with van der Waals surface area (Å²) in [6.45, 7) is 1.31. The summed E-state index contributed by atoms with van der Waals surface area (Å²) in [6, 6.07) is 0. The van der Waals surface area contributed by atoms with Crippen LogP contribution in [0, 0.1) is 5.92 Å². The Labute approximate surface area is 93.4 Å². The minimum Gasteiger partial charge on any atom is -0.370 e. The molecule has 0 aliphatic heterocycles. The molecular weight excluding hydrogens is 212 g/mol. The number of hydrogen-bond donors (Lipinski definition) is 1. The number of nitrogens with two attached hydrogens (primary N) is 1. The second-order valence-corrected chi connectivity index (χ2v) is 4.63. The zero-order chi connectivity index (χ0) is 10.7. The third kappa shape index (κ3) is 2.93. The van der Waals surface area contributed by atoms with Crippen molar-refractivity contribution in [1.29, 1.82) is 0 Å². The molecule has 5 nitrogen and oxygen atoms in total. The molecule has 1 aromatic heterocycles. The van der Waals surface area contributed by atoms with Crippen LogP contribution in [0.4, 0.5) is 0 Å². The van der Waals surface area contributed by atoms with E-state index in [9.17, 15) is 0 Å². The van der Waals surface area contributed by atoms with Gasteiger partial charge in [0.1, 0.15) is 5.82 Å². The van der Waals surface area contributed by atoms with Crippen molar-refractivity contribution in [3.05, 3.63) is 5.82 Å². The van der Waals surface area contributed by atoms with Crippen LogP contribution in [0.5, 0.6) is 0 Å². The predicted molar refractivity (Wildman–Crippen MR) is 58.3 cm³/mol. The van der Waals surface area contributed by atoms with E-state index in [-0.39, 0.29) is 0 Å². The Kier molecular flexibility index (Phi) is 3.61. The van der Waals surface area contributed by atoms with Crippen molar-refractivity contribution in [3.63, 3.8) is 0 Å². The minimum atomic E-state index is 0.424. The van der Waals surface area contributed by atoms with Crippen molar-refractivity contribution in [2.45, 2.75) is 24.5 Å². The van der Waals surface area contributed by atoms with E-state index in [4.69, 9.17) is 10.5 Å². The van der Waals surface area contributed by atoms with Gasteiger partial charge in [0.15, 0.2) is 5.16 Å². The van der Waals surface area contributed by atoms with E-state index in [1.165, 1.54) is 12.8 Å². The SMILES string of the molecule is Cn1c(CN)nnc1SCOCC1CC1. The van der Waals surface area contributed by atoms with Crippen molar-refractivity contribution < 1.29 is 4.74 Å². The van der Waals surface area contributed by atoms with Crippen LogP contribution in [0.2, 0.25) is 0 Å². The molecule has 0 spiro atoms. The molecule has 0 atom stereocenters. The molecule has 0 saturated heterocycles. The Morgan fingerprint density at radius 3 is 2.93 bits per heavy atom. The molecule has 1 fully saturated rings. The predicted octanol–water partition coefficient (Wildman–Crippen LogP) is 0.750. The standard InChI is InChI=1S/C9H16N4OS/c1-13-8(4-10)11-12-9(13)15-6-14-5-7-2-3-7/h7H,2-6,10H2,1H3. The fraction of sp³-hybridized carbons (Fsp3) is 0.778. The van der Waals surface area contributed by atoms with Gasteiger partial charge >= 0.3 is 0 Å². The van der Waals surface area contributed by atoms with E-state index in [0.717, 1.165) is 23.5 Å². The van der Waals surface area contributed by atoms with Gasteiger partial charge in [0, 0.05) is 7.05 Å². The second-order valence-electron chi connectivity index (χ2n) is 3.74. The first-order valence-electron chi connectivity index (χ1n) is 5.10. The molecule has 84 valence electrons. The summed E-state index contributed by atoms with van der Waals surface area (Å²) in [6.07, 6.45) is 2.65. The van der Waals surface area contributed by atoms with Gasteiger partial charge in [0.05, 0.1) is 19.1 Å². The maximum atomic E-state index is 5.51. The lowest BCUT2D eigenvalue weighted by Crippen LogP contribution is -2.05. The van der Waals surface area contributed by atoms with E-state index in [2.05, 4.69) is 10.2 Å². The molecule has 0 bridgehead atoms. The van der Waals surface area contributed by atoms with Gasteiger partial charge in [0.2, 0.25) is 0 Å². The van der Waals surface area contributed by atoms with Gasteiger partial charge < -0.3 is 15.0 Å². The maximum absolute atomic E-state index is 5.51. The molecule has 2 rings (SSSR count). The highest BCUT2D eigenvalue weighted by Gasteiger charge is 2.21. The number of nitrogens with zero attached hydrogens (tertiary/aromatic N) is 3. The monoisotopic (exact) mass is 228 g/mol. The molecule has 0 aromatic carbocycles. The Morgan fingerprint density at radius 1 is 1.53 bits per heavy atom. The quantitative estimate of drug-likeness (QED) is 0.442. The van der Waals surface area contributed by atoms with Crippen LogP contribution in [0.1, 0.15) is 18.7 Å². The fourth-order valence-electron chi connectivity index (χ4n) is 1.24. The lowest BCUT2D eigenvalue weighted by atomic mass is 10.5. The van der Waals surface area contributed by atoms with E-state index in [0.29, 0.717) is 12.5 Å². The fourth-order valence-corrected chi connectivity index (χ4v) is 1.92. The minimum absolute atomic E-state index is 0.424. The summed E-state index contributed by atoms with van der Waals surface area (Å²) in [5.41, 5.74) is 5.50. The van der Waals surface area contributed by atoms with Crippen LogP contribution in [0.25, 0.3) is 0 Å².